The molecule has 1 aromatic rings. The maximum atomic E-state index is 13.6. The van der Waals surface area contributed by atoms with Gasteiger partial charge in [-0.15, -0.1) is 6.58 Å². The summed E-state index contributed by atoms with van der Waals surface area (Å²) in [6.07, 6.45) is 2.84. The van der Waals surface area contributed by atoms with Crippen molar-refractivity contribution in [2.24, 2.45) is 0 Å². The normalized spacial score (nSPS) is 10.9. The third-order valence-electron chi connectivity index (χ3n) is 1.86. The number of hydrogen-bond donors (Lipinski definition) is 0. The van der Waals surface area contributed by atoms with Crippen LogP contribution in [0, 0.1) is 5.95 Å². The molecule has 0 atom stereocenters. The zero-order valence-corrected chi connectivity index (χ0v) is 9.05. The van der Waals surface area contributed by atoms with Crippen LogP contribution in [0.1, 0.15) is 16.1 Å². The topological polar surface area (TPSA) is 34.9 Å². The van der Waals surface area contributed by atoms with E-state index < -0.39 is 11.2 Å². The first-order valence-corrected chi connectivity index (χ1v) is 4.80. The number of carbonyl (C=O) groups is 1. The fourth-order valence-corrected chi connectivity index (χ4v) is 1.41. The summed E-state index contributed by atoms with van der Waals surface area (Å²) in [5, 5.41) is 2.86. The molecule has 0 N–H and O–H groups in total. The third kappa shape index (κ3) is 2.55. The highest BCUT2D eigenvalue weighted by molar-refractivity contribution is 6.67. The summed E-state index contributed by atoms with van der Waals surface area (Å²) < 4.78 is 26.4. The average Bonchev–Trinajstić information content (AvgIpc) is 2.53. The maximum absolute atomic E-state index is 13.6. The Kier molecular flexibility index (Phi) is 4.37. The lowest BCUT2D eigenvalue weighted by Crippen LogP contribution is -2.02. The predicted octanol–water partition coefficient (Wildman–Crippen LogP) is 2.61. The molecular weight excluding hydrogens is 238 g/mol. The molecular formula is C10H9ClF2N2O. The number of carbonyl (C=O) groups excluding carboxylic acids is 1. The molecule has 0 bridgehead atoms. The Morgan fingerprint density at radius 1 is 1.62 bits per heavy atom. The Balaban J connectivity index is 3.19. The monoisotopic (exact) mass is 246 g/mol. The van der Waals surface area contributed by atoms with E-state index in [1.54, 1.807) is 0 Å². The van der Waals surface area contributed by atoms with Crippen LogP contribution in [-0.2, 0) is 13.0 Å². The van der Waals surface area contributed by atoms with Crippen LogP contribution >= 0.6 is 11.6 Å². The number of rotatable bonds is 5. The largest absolute Gasteiger partial charge is 0.275 e. The molecule has 0 unspecified atom stereocenters. The summed E-state index contributed by atoms with van der Waals surface area (Å²) in [5.74, 6) is -0.831. The Bertz CT molecular complexity index is 440. The van der Waals surface area contributed by atoms with E-state index in [1.807, 2.05) is 0 Å². The molecule has 1 aromatic heterocycles. The van der Waals surface area contributed by atoms with Crippen LogP contribution in [0.5, 0.6) is 0 Å². The van der Waals surface area contributed by atoms with Gasteiger partial charge in [0.15, 0.2) is 0 Å². The summed E-state index contributed by atoms with van der Waals surface area (Å²) >= 11 is 5.23. The zero-order valence-electron chi connectivity index (χ0n) is 8.29. The van der Waals surface area contributed by atoms with Crippen molar-refractivity contribution in [2.45, 2.75) is 13.0 Å². The quantitative estimate of drug-likeness (QED) is 0.591. The summed E-state index contributed by atoms with van der Waals surface area (Å²) in [5.41, 5.74) is -0.213. The molecule has 3 nitrogen and oxygen atoms in total. The van der Waals surface area contributed by atoms with Crippen molar-refractivity contribution in [3.05, 3.63) is 42.3 Å². The van der Waals surface area contributed by atoms with Crippen molar-refractivity contribution < 1.29 is 13.6 Å². The molecule has 0 aliphatic heterocycles. The highest BCUT2D eigenvalue weighted by Crippen LogP contribution is 2.16. The lowest BCUT2D eigenvalue weighted by molar-refractivity contribution is 0.107. The van der Waals surface area contributed by atoms with Gasteiger partial charge in [-0.25, -0.2) is 9.07 Å². The van der Waals surface area contributed by atoms with Crippen LogP contribution in [0.4, 0.5) is 8.78 Å². The molecule has 0 saturated carbocycles. The first kappa shape index (κ1) is 12.6. The number of allylic oxidation sites excluding steroid dienone is 2. The standard InChI is InChI=1S/C10H9ClF2N2O/c1-2-6-15-10(13)8(9(11)16)7(14-15)4-3-5-12/h2-3,5H,1,4,6H2. The summed E-state index contributed by atoms with van der Waals surface area (Å²) in [4.78, 5) is 11.0. The number of halogens is 3. The van der Waals surface area contributed by atoms with Gasteiger partial charge in [0.25, 0.3) is 5.24 Å². The van der Waals surface area contributed by atoms with Gasteiger partial charge in [0, 0.05) is 6.42 Å². The molecule has 6 heteroatoms. The van der Waals surface area contributed by atoms with Gasteiger partial charge >= 0.3 is 0 Å². The molecule has 0 amide bonds. The van der Waals surface area contributed by atoms with Gasteiger partial charge in [-0.1, -0.05) is 12.2 Å². The average molecular weight is 247 g/mol. The fraction of sp³-hybridized carbons (Fsp3) is 0.200. The van der Waals surface area contributed by atoms with E-state index in [9.17, 15) is 13.6 Å². The van der Waals surface area contributed by atoms with Gasteiger partial charge in [-0.2, -0.15) is 9.49 Å². The van der Waals surface area contributed by atoms with E-state index in [2.05, 4.69) is 11.7 Å². The van der Waals surface area contributed by atoms with Crippen LogP contribution in [-0.4, -0.2) is 15.0 Å². The van der Waals surface area contributed by atoms with Gasteiger partial charge in [0.2, 0.25) is 5.95 Å². The highest BCUT2D eigenvalue weighted by atomic mass is 35.5. The SMILES string of the molecule is C=CCn1nc(CC=CF)c(C(=O)Cl)c1F. The van der Waals surface area contributed by atoms with Crippen molar-refractivity contribution in [3.63, 3.8) is 0 Å². The molecule has 0 saturated heterocycles. The first-order valence-electron chi connectivity index (χ1n) is 4.43. The minimum atomic E-state index is -0.949. The highest BCUT2D eigenvalue weighted by Gasteiger charge is 2.21. The Morgan fingerprint density at radius 2 is 2.31 bits per heavy atom. The van der Waals surface area contributed by atoms with Gasteiger partial charge < -0.3 is 0 Å². The van der Waals surface area contributed by atoms with Crippen molar-refractivity contribution in [1.29, 1.82) is 0 Å². The van der Waals surface area contributed by atoms with Crippen LogP contribution in [0.3, 0.4) is 0 Å². The van der Waals surface area contributed by atoms with E-state index in [0.717, 1.165) is 10.8 Å². The number of aromatic nitrogens is 2. The number of nitrogens with zero attached hydrogens (tertiary/aromatic N) is 2. The van der Waals surface area contributed by atoms with Crippen molar-refractivity contribution >= 4 is 16.8 Å². The zero-order chi connectivity index (χ0) is 12.1. The molecule has 1 heterocycles. The van der Waals surface area contributed by atoms with Crippen molar-refractivity contribution in [2.75, 3.05) is 0 Å². The molecule has 0 aliphatic rings. The summed E-state index contributed by atoms with van der Waals surface area (Å²) in [6.45, 7) is 3.54. The maximum Gasteiger partial charge on any atom is 0.258 e. The second kappa shape index (κ2) is 5.55. The molecule has 0 radical (unpaired) electrons. The number of hydrogen-bond acceptors (Lipinski definition) is 2. The van der Waals surface area contributed by atoms with Gasteiger partial charge in [-0.3, -0.25) is 4.79 Å². The van der Waals surface area contributed by atoms with Crippen LogP contribution in [0.15, 0.2) is 25.1 Å². The Hall–Kier alpha value is -1.49. The fourth-order valence-electron chi connectivity index (χ4n) is 1.22. The van der Waals surface area contributed by atoms with Gasteiger partial charge in [-0.05, 0) is 11.6 Å². The summed E-state index contributed by atoms with van der Waals surface area (Å²) in [7, 11) is 0. The molecule has 0 spiro atoms. The van der Waals surface area contributed by atoms with Crippen molar-refractivity contribution in [1.82, 2.24) is 9.78 Å². The molecule has 86 valence electrons. The van der Waals surface area contributed by atoms with Gasteiger partial charge in [0.1, 0.15) is 5.56 Å². The second-order valence-electron chi connectivity index (χ2n) is 2.92. The van der Waals surface area contributed by atoms with Crippen LogP contribution < -0.4 is 0 Å². The van der Waals surface area contributed by atoms with E-state index in [4.69, 9.17) is 11.6 Å². The smallest absolute Gasteiger partial charge is 0.258 e. The molecule has 1 rings (SSSR count). The molecule has 0 fully saturated rings. The minimum absolute atomic E-state index is 0.00531. The molecule has 16 heavy (non-hydrogen) atoms. The summed E-state index contributed by atoms with van der Waals surface area (Å²) in [6, 6.07) is 0. The third-order valence-corrected chi connectivity index (χ3v) is 2.05. The van der Waals surface area contributed by atoms with Crippen molar-refractivity contribution in [3.8, 4) is 0 Å². The van der Waals surface area contributed by atoms with Crippen LogP contribution in [0.25, 0.3) is 0 Å². The first-order chi connectivity index (χ1) is 7.61. The lowest BCUT2D eigenvalue weighted by Gasteiger charge is -1.94. The molecule has 0 aromatic carbocycles. The second-order valence-corrected chi connectivity index (χ2v) is 3.27. The Labute approximate surface area is 96.0 Å². The Morgan fingerprint density at radius 3 is 2.81 bits per heavy atom. The van der Waals surface area contributed by atoms with E-state index >= 15 is 0 Å². The molecule has 0 aliphatic carbocycles. The lowest BCUT2D eigenvalue weighted by atomic mass is 10.2. The predicted molar refractivity (Wildman–Crippen MR) is 56.5 cm³/mol. The van der Waals surface area contributed by atoms with E-state index in [1.165, 1.54) is 6.08 Å². The van der Waals surface area contributed by atoms with Gasteiger partial charge in [0.05, 0.1) is 18.6 Å². The van der Waals surface area contributed by atoms with Crippen LogP contribution in [0.2, 0.25) is 0 Å². The van der Waals surface area contributed by atoms with E-state index in [-0.39, 0.29) is 24.2 Å². The minimum Gasteiger partial charge on any atom is -0.275 e. The van der Waals surface area contributed by atoms with E-state index in [0.29, 0.717) is 6.33 Å².